The van der Waals surface area contributed by atoms with E-state index in [-0.39, 0.29) is 0 Å². The zero-order chi connectivity index (χ0) is 10.3. The molecule has 0 saturated carbocycles. The summed E-state index contributed by atoms with van der Waals surface area (Å²) in [6, 6.07) is 10.3. The van der Waals surface area contributed by atoms with E-state index < -0.39 is 10.8 Å². The lowest BCUT2D eigenvalue weighted by Gasteiger charge is -1.84. The van der Waals surface area contributed by atoms with E-state index in [0.717, 1.165) is 0 Å². The van der Waals surface area contributed by atoms with Crippen molar-refractivity contribution >= 4 is 29.2 Å². The summed E-state index contributed by atoms with van der Waals surface area (Å²) in [5, 5.41) is 7.73. The Labute approximate surface area is 87.1 Å². The maximum atomic E-state index is 9.44. The van der Waals surface area contributed by atoms with Gasteiger partial charge in [0.1, 0.15) is 0 Å². The van der Waals surface area contributed by atoms with Gasteiger partial charge in [0.2, 0.25) is 4.84 Å². The molecule has 0 aliphatic carbocycles. The lowest BCUT2D eigenvalue weighted by Crippen LogP contribution is -2.03. The monoisotopic (exact) mass is 220 g/mol. The number of aliphatic carboxylic acids is 1. The second-order valence-electron chi connectivity index (χ2n) is 2.29. The first kappa shape index (κ1) is 12.3. The van der Waals surface area contributed by atoms with Crippen molar-refractivity contribution in [3.05, 3.63) is 35.9 Å². The molecule has 72 valence electrons. The molecule has 1 aromatic rings. The molecule has 1 N–H and O–H groups in total. The molecule has 0 aliphatic rings. The molecule has 0 amide bonds. The van der Waals surface area contributed by atoms with E-state index in [9.17, 15) is 4.79 Å². The molecule has 1 rings (SSSR count). The predicted octanol–water partition coefficient (Wildman–Crippen LogP) is 2.87. The van der Waals surface area contributed by atoms with E-state index in [4.69, 9.17) is 28.3 Å². The Balaban J connectivity index is 0.000000226. The van der Waals surface area contributed by atoms with Crippen LogP contribution in [0.15, 0.2) is 30.3 Å². The first-order valence-electron chi connectivity index (χ1n) is 3.56. The van der Waals surface area contributed by atoms with Gasteiger partial charge in [-0.05, 0) is 6.92 Å². The van der Waals surface area contributed by atoms with E-state index in [1.54, 1.807) is 0 Å². The van der Waals surface area contributed by atoms with Crippen LogP contribution >= 0.6 is 23.2 Å². The number of carbonyl (C=O) groups is 1. The lowest BCUT2D eigenvalue weighted by molar-refractivity contribution is -0.135. The van der Waals surface area contributed by atoms with Crippen LogP contribution < -0.4 is 0 Å². The van der Waals surface area contributed by atoms with Crippen LogP contribution in [0.25, 0.3) is 0 Å². The standard InChI is InChI=1S/C7H8.C2H2Cl2O2/c1-7-5-3-2-4-6-7;3-1(4)2(5)6/h2-6H,1H3;1H,(H,5,6). The molecule has 0 bridgehead atoms. The highest BCUT2D eigenvalue weighted by atomic mass is 35.5. The van der Waals surface area contributed by atoms with Gasteiger partial charge in [0.25, 0.3) is 0 Å². The van der Waals surface area contributed by atoms with Gasteiger partial charge in [0.15, 0.2) is 0 Å². The summed E-state index contributed by atoms with van der Waals surface area (Å²) >= 11 is 9.56. The summed E-state index contributed by atoms with van der Waals surface area (Å²) in [6.45, 7) is 2.08. The van der Waals surface area contributed by atoms with Crippen molar-refractivity contribution in [3.8, 4) is 0 Å². The Morgan fingerprint density at radius 2 is 1.69 bits per heavy atom. The van der Waals surface area contributed by atoms with Crippen molar-refractivity contribution in [3.63, 3.8) is 0 Å². The van der Waals surface area contributed by atoms with Crippen molar-refractivity contribution < 1.29 is 9.90 Å². The molecule has 0 saturated heterocycles. The summed E-state index contributed by atoms with van der Waals surface area (Å²) in [5.74, 6) is -1.21. The number of hydrogen-bond donors (Lipinski definition) is 1. The number of alkyl halides is 2. The van der Waals surface area contributed by atoms with Crippen LogP contribution in [0.2, 0.25) is 0 Å². The molecule has 2 nitrogen and oxygen atoms in total. The smallest absolute Gasteiger partial charge is 0.337 e. The third-order valence-electron chi connectivity index (χ3n) is 1.13. The maximum Gasteiger partial charge on any atom is 0.337 e. The highest BCUT2D eigenvalue weighted by molar-refractivity contribution is 6.52. The van der Waals surface area contributed by atoms with Crippen molar-refractivity contribution in [2.24, 2.45) is 0 Å². The number of carboxylic acids is 1. The number of rotatable bonds is 1. The van der Waals surface area contributed by atoms with Gasteiger partial charge in [-0.1, -0.05) is 59.1 Å². The third kappa shape index (κ3) is 7.62. The Morgan fingerprint density at radius 3 is 1.85 bits per heavy atom. The fourth-order valence-electron chi connectivity index (χ4n) is 0.534. The Bertz CT molecular complexity index is 247. The van der Waals surface area contributed by atoms with Gasteiger partial charge in [-0.3, -0.25) is 0 Å². The number of hydrogen-bond acceptors (Lipinski definition) is 1. The van der Waals surface area contributed by atoms with Crippen LogP contribution in [0.4, 0.5) is 0 Å². The number of halogens is 2. The molecule has 4 heteroatoms. The number of benzene rings is 1. The van der Waals surface area contributed by atoms with Gasteiger partial charge in [0, 0.05) is 0 Å². The highest BCUT2D eigenvalue weighted by Gasteiger charge is 2.05. The molecule has 0 atom stereocenters. The normalized spacial score (nSPS) is 8.92. The van der Waals surface area contributed by atoms with E-state index >= 15 is 0 Å². The molecule has 0 radical (unpaired) electrons. The average molecular weight is 221 g/mol. The third-order valence-corrected chi connectivity index (χ3v) is 1.50. The SMILES string of the molecule is Cc1ccccc1.O=C(O)C(Cl)Cl. The molecule has 0 heterocycles. The van der Waals surface area contributed by atoms with E-state index in [1.807, 2.05) is 18.2 Å². The first-order chi connectivity index (χ1) is 6.04. The van der Waals surface area contributed by atoms with Crippen LogP contribution in [0.1, 0.15) is 5.56 Å². The maximum absolute atomic E-state index is 9.44. The van der Waals surface area contributed by atoms with Crippen LogP contribution in [-0.4, -0.2) is 15.9 Å². The number of carboxylic acid groups (broad SMARTS) is 1. The van der Waals surface area contributed by atoms with Gasteiger partial charge in [0.05, 0.1) is 0 Å². The molecule has 0 aliphatic heterocycles. The lowest BCUT2D eigenvalue weighted by atomic mass is 10.2. The second-order valence-corrected chi connectivity index (χ2v) is 3.39. The largest absolute Gasteiger partial charge is 0.479 e. The minimum Gasteiger partial charge on any atom is -0.479 e. The zero-order valence-corrected chi connectivity index (χ0v) is 8.59. The summed E-state index contributed by atoms with van der Waals surface area (Å²) < 4.78 is 0. The Morgan fingerprint density at radius 1 is 1.31 bits per heavy atom. The van der Waals surface area contributed by atoms with Gasteiger partial charge >= 0.3 is 5.97 Å². The van der Waals surface area contributed by atoms with Crippen LogP contribution in [0.3, 0.4) is 0 Å². The fourth-order valence-corrected chi connectivity index (χ4v) is 0.534. The highest BCUT2D eigenvalue weighted by Crippen LogP contribution is 1.98. The molecule has 0 aromatic heterocycles. The number of aryl methyl sites for hydroxylation is 1. The molecule has 13 heavy (non-hydrogen) atoms. The van der Waals surface area contributed by atoms with Gasteiger partial charge in [-0.15, -0.1) is 0 Å². The topological polar surface area (TPSA) is 37.3 Å². The van der Waals surface area contributed by atoms with E-state index in [1.165, 1.54) is 5.56 Å². The van der Waals surface area contributed by atoms with Crippen molar-refractivity contribution in [1.29, 1.82) is 0 Å². The second kappa shape index (κ2) is 6.75. The summed E-state index contributed by atoms with van der Waals surface area (Å²) in [7, 11) is 0. The van der Waals surface area contributed by atoms with Crippen LogP contribution in [0.5, 0.6) is 0 Å². The molecular weight excluding hydrogens is 211 g/mol. The van der Waals surface area contributed by atoms with Gasteiger partial charge in [-0.2, -0.15) is 0 Å². The molecule has 0 spiro atoms. The summed E-state index contributed by atoms with van der Waals surface area (Å²) in [5.41, 5.74) is 1.32. The quantitative estimate of drug-likeness (QED) is 0.740. The van der Waals surface area contributed by atoms with Crippen molar-refractivity contribution in [2.45, 2.75) is 11.8 Å². The molecule has 1 aromatic carbocycles. The van der Waals surface area contributed by atoms with Crippen molar-refractivity contribution in [2.75, 3.05) is 0 Å². The average Bonchev–Trinajstić information content (AvgIpc) is 2.06. The fraction of sp³-hybridized carbons (Fsp3) is 0.222. The van der Waals surface area contributed by atoms with Gasteiger partial charge < -0.3 is 5.11 Å². The van der Waals surface area contributed by atoms with E-state index in [2.05, 4.69) is 19.1 Å². The molecular formula is C9H10Cl2O2. The van der Waals surface area contributed by atoms with Gasteiger partial charge in [-0.25, -0.2) is 4.79 Å². The van der Waals surface area contributed by atoms with Crippen LogP contribution in [0, 0.1) is 6.92 Å². The minimum absolute atomic E-state index is 1.21. The minimum atomic E-state index is -1.29. The van der Waals surface area contributed by atoms with Crippen molar-refractivity contribution in [1.82, 2.24) is 0 Å². The molecule has 0 unspecified atom stereocenters. The Kier molecular flexibility index (Phi) is 6.37. The first-order valence-corrected chi connectivity index (χ1v) is 4.44. The Hall–Kier alpha value is -0.730. The van der Waals surface area contributed by atoms with Crippen LogP contribution in [-0.2, 0) is 4.79 Å². The molecule has 0 fully saturated rings. The summed E-state index contributed by atoms with van der Waals surface area (Å²) in [6.07, 6.45) is 0. The zero-order valence-electron chi connectivity index (χ0n) is 7.08. The van der Waals surface area contributed by atoms with E-state index in [0.29, 0.717) is 0 Å². The summed E-state index contributed by atoms with van der Waals surface area (Å²) in [4.78, 5) is 8.15. The predicted molar refractivity (Wildman–Crippen MR) is 54.3 cm³/mol.